The highest BCUT2D eigenvalue weighted by Crippen LogP contribution is 2.28. The standard InChI is InChI=1S/C23H30N4O5/c1-16(2)26-22(28)15-32-19-5-4-18(13-20(19)30-3)23(29)25-14-17-6-7-24-21(12-17)27-8-10-31-11-9-27/h4-7,12-13,16H,8-11,14-15H2,1-3H3,(H,25,29)(H,26,28). The second kappa shape index (κ2) is 11.3. The first kappa shape index (κ1) is 23.3. The van der Waals surface area contributed by atoms with Gasteiger partial charge in [0.2, 0.25) is 0 Å². The van der Waals surface area contributed by atoms with E-state index < -0.39 is 0 Å². The van der Waals surface area contributed by atoms with Crippen molar-refractivity contribution in [1.82, 2.24) is 15.6 Å². The first-order valence-electron chi connectivity index (χ1n) is 10.6. The molecule has 0 spiro atoms. The lowest BCUT2D eigenvalue weighted by Gasteiger charge is -2.28. The number of morpholine rings is 1. The van der Waals surface area contributed by atoms with Gasteiger partial charge in [-0.05, 0) is 49.7 Å². The minimum atomic E-state index is -0.239. The Morgan fingerprint density at radius 3 is 2.66 bits per heavy atom. The molecule has 2 aromatic rings. The Morgan fingerprint density at radius 2 is 1.94 bits per heavy atom. The SMILES string of the molecule is COc1cc(C(=O)NCc2ccnc(N3CCOCC3)c2)ccc1OCC(=O)NC(C)C. The van der Waals surface area contributed by atoms with Crippen LogP contribution in [0.3, 0.4) is 0 Å². The van der Waals surface area contributed by atoms with Crippen molar-refractivity contribution < 1.29 is 23.8 Å². The van der Waals surface area contributed by atoms with E-state index >= 15 is 0 Å². The lowest BCUT2D eigenvalue weighted by atomic mass is 10.1. The molecular weight excluding hydrogens is 412 g/mol. The second-order valence-electron chi connectivity index (χ2n) is 7.68. The molecule has 1 saturated heterocycles. The number of methoxy groups -OCH3 is 1. The molecule has 1 aromatic carbocycles. The van der Waals surface area contributed by atoms with Crippen molar-refractivity contribution in [3.63, 3.8) is 0 Å². The lowest BCUT2D eigenvalue weighted by molar-refractivity contribution is -0.123. The largest absolute Gasteiger partial charge is 0.493 e. The molecule has 0 radical (unpaired) electrons. The van der Waals surface area contributed by atoms with E-state index in [-0.39, 0.29) is 24.5 Å². The number of ether oxygens (including phenoxy) is 3. The average Bonchev–Trinajstić information content (AvgIpc) is 2.81. The zero-order chi connectivity index (χ0) is 22.9. The Labute approximate surface area is 188 Å². The highest BCUT2D eigenvalue weighted by Gasteiger charge is 2.15. The molecule has 9 nitrogen and oxygen atoms in total. The number of nitrogens with zero attached hydrogens (tertiary/aromatic N) is 2. The first-order chi connectivity index (χ1) is 15.5. The fourth-order valence-corrected chi connectivity index (χ4v) is 3.26. The van der Waals surface area contributed by atoms with Gasteiger partial charge in [0.1, 0.15) is 5.82 Å². The summed E-state index contributed by atoms with van der Waals surface area (Å²) in [5, 5.41) is 5.67. The summed E-state index contributed by atoms with van der Waals surface area (Å²) in [4.78, 5) is 31.0. The molecule has 32 heavy (non-hydrogen) atoms. The van der Waals surface area contributed by atoms with Gasteiger partial charge < -0.3 is 29.7 Å². The van der Waals surface area contributed by atoms with Crippen LogP contribution in [0.2, 0.25) is 0 Å². The number of anilines is 1. The van der Waals surface area contributed by atoms with Gasteiger partial charge in [0.05, 0.1) is 20.3 Å². The Hall–Kier alpha value is -3.33. The van der Waals surface area contributed by atoms with Crippen LogP contribution in [0.25, 0.3) is 0 Å². The number of rotatable bonds is 9. The van der Waals surface area contributed by atoms with Gasteiger partial charge in [0.15, 0.2) is 18.1 Å². The number of carbonyl (C=O) groups excluding carboxylic acids is 2. The molecule has 2 N–H and O–H groups in total. The van der Waals surface area contributed by atoms with E-state index in [0.29, 0.717) is 36.8 Å². The summed E-state index contributed by atoms with van der Waals surface area (Å²) < 4.78 is 16.3. The summed E-state index contributed by atoms with van der Waals surface area (Å²) >= 11 is 0. The number of hydrogen-bond donors (Lipinski definition) is 2. The summed E-state index contributed by atoms with van der Waals surface area (Å²) in [6, 6.07) is 8.74. The van der Waals surface area contributed by atoms with Crippen molar-refractivity contribution in [3.05, 3.63) is 47.7 Å². The molecule has 0 saturated carbocycles. The van der Waals surface area contributed by atoms with Crippen molar-refractivity contribution in [1.29, 1.82) is 0 Å². The third-order valence-electron chi connectivity index (χ3n) is 4.83. The highest BCUT2D eigenvalue weighted by atomic mass is 16.5. The van der Waals surface area contributed by atoms with Gasteiger partial charge in [-0.3, -0.25) is 9.59 Å². The van der Waals surface area contributed by atoms with Crippen molar-refractivity contribution in [3.8, 4) is 11.5 Å². The van der Waals surface area contributed by atoms with E-state index in [9.17, 15) is 9.59 Å². The maximum Gasteiger partial charge on any atom is 0.258 e. The molecule has 1 aliphatic heterocycles. The van der Waals surface area contributed by atoms with Gasteiger partial charge in [-0.1, -0.05) is 0 Å². The van der Waals surface area contributed by atoms with Crippen LogP contribution in [0, 0.1) is 0 Å². The van der Waals surface area contributed by atoms with Gasteiger partial charge in [0, 0.05) is 37.4 Å². The first-order valence-corrected chi connectivity index (χ1v) is 10.6. The Balaban J connectivity index is 1.58. The van der Waals surface area contributed by atoms with Crippen LogP contribution in [0.15, 0.2) is 36.5 Å². The summed E-state index contributed by atoms with van der Waals surface area (Å²) in [5.41, 5.74) is 1.39. The van der Waals surface area contributed by atoms with E-state index in [1.807, 2.05) is 26.0 Å². The van der Waals surface area contributed by atoms with Crippen LogP contribution in [0.1, 0.15) is 29.8 Å². The number of aromatic nitrogens is 1. The van der Waals surface area contributed by atoms with E-state index in [4.69, 9.17) is 14.2 Å². The van der Waals surface area contributed by atoms with Gasteiger partial charge >= 0.3 is 0 Å². The zero-order valence-corrected chi connectivity index (χ0v) is 18.7. The van der Waals surface area contributed by atoms with Gasteiger partial charge in [-0.25, -0.2) is 4.98 Å². The molecule has 172 valence electrons. The summed E-state index contributed by atoms with van der Waals surface area (Å²) in [7, 11) is 1.49. The third kappa shape index (κ3) is 6.58. The summed E-state index contributed by atoms with van der Waals surface area (Å²) in [6.45, 7) is 6.97. The summed E-state index contributed by atoms with van der Waals surface area (Å²) in [5.74, 6) is 1.19. The maximum absolute atomic E-state index is 12.7. The zero-order valence-electron chi connectivity index (χ0n) is 18.7. The van der Waals surface area contributed by atoms with Crippen molar-refractivity contribution in [2.24, 2.45) is 0 Å². The van der Waals surface area contributed by atoms with Crippen LogP contribution < -0.4 is 25.0 Å². The molecule has 0 bridgehead atoms. The number of hydrogen-bond acceptors (Lipinski definition) is 7. The minimum Gasteiger partial charge on any atom is -0.493 e. The van der Waals surface area contributed by atoms with Crippen molar-refractivity contribution in [2.75, 3.05) is 44.9 Å². The van der Waals surface area contributed by atoms with Crippen LogP contribution in [-0.2, 0) is 16.1 Å². The normalized spacial score (nSPS) is 13.6. The molecule has 0 unspecified atom stereocenters. The molecule has 0 atom stereocenters. The molecule has 1 fully saturated rings. The predicted molar refractivity (Wildman–Crippen MR) is 120 cm³/mol. The fourth-order valence-electron chi connectivity index (χ4n) is 3.26. The van der Waals surface area contributed by atoms with E-state index in [0.717, 1.165) is 24.5 Å². The maximum atomic E-state index is 12.7. The number of amides is 2. The van der Waals surface area contributed by atoms with E-state index in [1.54, 1.807) is 24.4 Å². The molecular formula is C23H30N4O5. The summed E-state index contributed by atoms with van der Waals surface area (Å²) in [6.07, 6.45) is 1.75. The minimum absolute atomic E-state index is 0.0319. The average molecular weight is 443 g/mol. The van der Waals surface area contributed by atoms with Crippen LogP contribution in [0.5, 0.6) is 11.5 Å². The molecule has 0 aliphatic carbocycles. The molecule has 3 rings (SSSR count). The second-order valence-corrected chi connectivity index (χ2v) is 7.68. The van der Waals surface area contributed by atoms with Gasteiger partial charge in [-0.15, -0.1) is 0 Å². The van der Waals surface area contributed by atoms with E-state index in [2.05, 4.69) is 20.5 Å². The van der Waals surface area contributed by atoms with Gasteiger partial charge in [-0.2, -0.15) is 0 Å². The Kier molecular flexibility index (Phi) is 8.27. The quantitative estimate of drug-likeness (QED) is 0.610. The molecule has 2 amide bonds. The topological polar surface area (TPSA) is 102 Å². The fraction of sp³-hybridized carbons (Fsp3) is 0.435. The van der Waals surface area contributed by atoms with Crippen LogP contribution >= 0.6 is 0 Å². The number of nitrogens with one attached hydrogen (secondary N) is 2. The number of benzene rings is 1. The monoisotopic (exact) mass is 442 g/mol. The number of carbonyl (C=O) groups is 2. The van der Waals surface area contributed by atoms with Crippen molar-refractivity contribution >= 4 is 17.6 Å². The van der Waals surface area contributed by atoms with Crippen LogP contribution in [0.4, 0.5) is 5.82 Å². The lowest BCUT2D eigenvalue weighted by Crippen LogP contribution is -2.36. The van der Waals surface area contributed by atoms with Crippen LogP contribution in [-0.4, -0.2) is 62.9 Å². The predicted octanol–water partition coefficient (Wildman–Crippen LogP) is 1.76. The molecule has 1 aliphatic rings. The highest BCUT2D eigenvalue weighted by molar-refractivity contribution is 5.94. The van der Waals surface area contributed by atoms with Gasteiger partial charge in [0.25, 0.3) is 11.8 Å². The molecule has 1 aromatic heterocycles. The third-order valence-corrected chi connectivity index (χ3v) is 4.83. The Bertz CT molecular complexity index is 928. The Morgan fingerprint density at radius 1 is 1.16 bits per heavy atom. The smallest absolute Gasteiger partial charge is 0.258 e. The van der Waals surface area contributed by atoms with E-state index in [1.165, 1.54) is 7.11 Å². The van der Waals surface area contributed by atoms with Crippen molar-refractivity contribution in [2.45, 2.75) is 26.4 Å². The molecule has 2 heterocycles. The number of pyridine rings is 1. The molecule has 9 heteroatoms.